The van der Waals surface area contributed by atoms with Gasteiger partial charge in [-0.05, 0) is 24.1 Å². The summed E-state index contributed by atoms with van der Waals surface area (Å²) in [4.78, 5) is 0.178. The van der Waals surface area contributed by atoms with E-state index >= 15 is 0 Å². The molecule has 0 unspecified atom stereocenters. The maximum absolute atomic E-state index is 12.8. The van der Waals surface area contributed by atoms with Crippen LogP contribution >= 0.6 is 0 Å². The molecule has 122 valence electrons. The number of aryl methyl sites for hydroxylation is 1. The number of benzene rings is 1. The zero-order chi connectivity index (χ0) is 16.4. The van der Waals surface area contributed by atoms with E-state index in [2.05, 4.69) is 11.9 Å². The molecule has 0 aromatic heterocycles. The normalized spacial score (nSPS) is 24.2. The Labute approximate surface area is 132 Å². The first-order chi connectivity index (χ1) is 10.3. The third-order valence-corrected chi connectivity index (χ3v) is 8.05. The van der Waals surface area contributed by atoms with Gasteiger partial charge in [-0.25, -0.2) is 16.8 Å². The van der Waals surface area contributed by atoms with Gasteiger partial charge in [0.25, 0.3) is 0 Å². The molecule has 0 amide bonds. The Hall–Kier alpha value is -1.18. The van der Waals surface area contributed by atoms with Crippen molar-refractivity contribution in [3.8, 4) is 0 Å². The third kappa shape index (κ3) is 3.59. The minimum atomic E-state index is -3.69. The van der Waals surface area contributed by atoms with Gasteiger partial charge in [-0.3, -0.25) is 0 Å². The van der Waals surface area contributed by atoms with E-state index in [9.17, 15) is 16.8 Å². The summed E-state index contributed by atoms with van der Waals surface area (Å²) in [5, 5.41) is 2.01. The maximum atomic E-state index is 12.8. The second kappa shape index (κ2) is 6.52. The lowest BCUT2D eigenvalue weighted by Gasteiger charge is -2.19. The van der Waals surface area contributed by atoms with Crippen molar-refractivity contribution in [1.82, 2.24) is 5.32 Å². The maximum Gasteiger partial charge on any atom is 0.183 e. The van der Waals surface area contributed by atoms with Gasteiger partial charge in [0, 0.05) is 12.6 Å². The summed E-state index contributed by atoms with van der Waals surface area (Å²) in [7, 11) is -7.05. The molecule has 1 aliphatic rings. The molecule has 0 bridgehead atoms. The summed E-state index contributed by atoms with van der Waals surface area (Å²) < 4.78 is 49.3. The molecule has 1 heterocycles. The molecule has 1 fully saturated rings. The Morgan fingerprint density at radius 3 is 2.45 bits per heavy atom. The Morgan fingerprint density at radius 1 is 1.27 bits per heavy atom. The Balaban J connectivity index is 2.34. The van der Waals surface area contributed by atoms with E-state index in [0.717, 1.165) is 12.0 Å². The van der Waals surface area contributed by atoms with Gasteiger partial charge < -0.3 is 5.32 Å². The van der Waals surface area contributed by atoms with Crippen LogP contribution < -0.4 is 5.32 Å². The number of rotatable bonds is 6. The highest BCUT2D eigenvalue weighted by Crippen LogP contribution is 2.26. The second-order valence-electron chi connectivity index (χ2n) is 5.46. The topological polar surface area (TPSA) is 80.3 Å². The molecule has 0 aliphatic carbocycles. The average Bonchev–Trinajstić information content (AvgIpc) is 2.81. The number of hydrogen-bond acceptors (Lipinski definition) is 5. The molecule has 5 nitrogen and oxygen atoms in total. The first-order valence-corrected chi connectivity index (χ1v) is 10.5. The quantitative estimate of drug-likeness (QED) is 0.778. The van der Waals surface area contributed by atoms with Crippen LogP contribution in [0.25, 0.3) is 0 Å². The molecular formula is C15H21NO4S2. The van der Waals surface area contributed by atoms with E-state index in [0.29, 0.717) is 6.54 Å². The number of nitrogens with one attached hydrogen (secondary N) is 1. The van der Waals surface area contributed by atoms with Crippen molar-refractivity contribution in [3.63, 3.8) is 0 Å². The van der Waals surface area contributed by atoms with Crippen LogP contribution in [0.15, 0.2) is 41.8 Å². The fourth-order valence-corrected chi connectivity index (χ4v) is 7.35. The van der Waals surface area contributed by atoms with E-state index < -0.39 is 31.0 Å². The highest BCUT2D eigenvalue weighted by molar-refractivity contribution is 7.96. The van der Waals surface area contributed by atoms with Gasteiger partial charge in [-0.2, -0.15) is 0 Å². The minimum Gasteiger partial charge on any atom is -0.308 e. The fraction of sp³-hybridized carbons (Fsp3) is 0.467. The van der Waals surface area contributed by atoms with E-state index in [1.54, 1.807) is 30.3 Å². The van der Waals surface area contributed by atoms with Crippen LogP contribution in [-0.2, 0) is 26.1 Å². The molecule has 0 radical (unpaired) electrons. The fourth-order valence-electron chi connectivity index (χ4n) is 2.64. The second-order valence-corrected chi connectivity index (χ2v) is 9.78. The monoisotopic (exact) mass is 343 g/mol. The van der Waals surface area contributed by atoms with E-state index in [1.807, 2.05) is 6.92 Å². The van der Waals surface area contributed by atoms with E-state index in [4.69, 9.17) is 0 Å². The van der Waals surface area contributed by atoms with Crippen LogP contribution in [0.4, 0.5) is 0 Å². The van der Waals surface area contributed by atoms with Crippen LogP contribution in [0.3, 0.4) is 0 Å². The first-order valence-electron chi connectivity index (χ1n) is 7.17. The number of hydrogen-bond donors (Lipinski definition) is 1. The molecule has 1 aliphatic heterocycles. The van der Waals surface area contributed by atoms with Crippen molar-refractivity contribution in [1.29, 1.82) is 0 Å². The van der Waals surface area contributed by atoms with Crippen molar-refractivity contribution < 1.29 is 16.8 Å². The molecule has 2 rings (SSSR count). The highest BCUT2D eigenvalue weighted by atomic mass is 32.2. The molecule has 1 N–H and O–H groups in total. The number of sulfone groups is 2. The Kier molecular flexibility index (Phi) is 5.09. The molecular weight excluding hydrogens is 322 g/mol. The van der Waals surface area contributed by atoms with Crippen LogP contribution in [0, 0.1) is 0 Å². The van der Waals surface area contributed by atoms with Gasteiger partial charge in [0.1, 0.15) is 0 Å². The summed E-state index contributed by atoms with van der Waals surface area (Å²) >= 11 is 0. The lowest BCUT2D eigenvalue weighted by Crippen LogP contribution is -2.43. The average molecular weight is 343 g/mol. The Morgan fingerprint density at radius 2 is 1.91 bits per heavy atom. The summed E-state index contributed by atoms with van der Waals surface area (Å²) in [5.74, 6) is -0.489. The largest absolute Gasteiger partial charge is 0.308 e. The van der Waals surface area contributed by atoms with Gasteiger partial charge in [0.05, 0.1) is 21.7 Å². The van der Waals surface area contributed by atoms with Crippen molar-refractivity contribution in [2.24, 2.45) is 0 Å². The van der Waals surface area contributed by atoms with Crippen LogP contribution in [0.2, 0.25) is 0 Å². The van der Waals surface area contributed by atoms with Crippen molar-refractivity contribution in [2.45, 2.75) is 29.5 Å². The zero-order valence-electron chi connectivity index (χ0n) is 12.5. The predicted octanol–water partition coefficient (Wildman–Crippen LogP) is 0.964. The lowest BCUT2D eigenvalue weighted by molar-refractivity contribution is 0.544. The van der Waals surface area contributed by atoms with Gasteiger partial charge in [0.2, 0.25) is 0 Å². The molecule has 1 aromatic carbocycles. The van der Waals surface area contributed by atoms with Crippen LogP contribution in [-0.4, -0.2) is 46.2 Å². The van der Waals surface area contributed by atoms with Crippen molar-refractivity contribution in [2.75, 3.05) is 18.1 Å². The molecule has 0 saturated carbocycles. The van der Waals surface area contributed by atoms with Crippen molar-refractivity contribution in [3.05, 3.63) is 42.5 Å². The lowest BCUT2D eigenvalue weighted by atomic mass is 10.2. The van der Waals surface area contributed by atoms with Gasteiger partial charge >= 0.3 is 0 Å². The van der Waals surface area contributed by atoms with Gasteiger partial charge in [-0.15, -0.1) is 6.58 Å². The first kappa shape index (κ1) is 17.2. The molecule has 2 atom stereocenters. The summed E-state index contributed by atoms with van der Waals surface area (Å²) in [5.41, 5.74) is 1.04. The van der Waals surface area contributed by atoms with Gasteiger partial charge in [-0.1, -0.05) is 25.1 Å². The standard InChI is InChI=1S/C15H21NO4S2/c1-3-9-16-14-10-21(17,18)11-15(14)22(19,20)13-7-5-12(4-2)6-8-13/h3,5-8,14-16H,1,4,9-11H2,2H3/t14-,15-/m1/s1. The zero-order valence-corrected chi connectivity index (χ0v) is 14.2. The van der Waals surface area contributed by atoms with E-state index in [-0.39, 0.29) is 16.4 Å². The summed E-state index contributed by atoms with van der Waals surface area (Å²) in [6.07, 6.45) is 2.41. The minimum absolute atomic E-state index is 0.155. The summed E-state index contributed by atoms with van der Waals surface area (Å²) in [6, 6.07) is 6.05. The van der Waals surface area contributed by atoms with Crippen molar-refractivity contribution >= 4 is 19.7 Å². The predicted molar refractivity (Wildman–Crippen MR) is 87.4 cm³/mol. The molecule has 1 aromatic rings. The van der Waals surface area contributed by atoms with Crippen LogP contribution in [0.1, 0.15) is 12.5 Å². The van der Waals surface area contributed by atoms with Crippen LogP contribution in [0.5, 0.6) is 0 Å². The molecule has 1 saturated heterocycles. The smallest absolute Gasteiger partial charge is 0.183 e. The van der Waals surface area contributed by atoms with E-state index in [1.165, 1.54) is 0 Å². The molecule has 0 spiro atoms. The Bertz CT molecular complexity index is 736. The summed E-state index contributed by atoms with van der Waals surface area (Å²) in [6.45, 7) is 5.93. The van der Waals surface area contributed by atoms with Gasteiger partial charge in [0.15, 0.2) is 19.7 Å². The third-order valence-electron chi connectivity index (χ3n) is 3.88. The molecule has 22 heavy (non-hydrogen) atoms. The SMILES string of the molecule is C=CCN[C@@H]1CS(=O)(=O)C[C@H]1S(=O)(=O)c1ccc(CC)cc1. The highest BCUT2D eigenvalue weighted by Gasteiger charge is 2.45. The molecule has 7 heteroatoms.